The Balaban J connectivity index is 2.26. The lowest BCUT2D eigenvalue weighted by atomic mass is 10.1. The number of benzene rings is 1. The molecule has 0 aliphatic heterocycles. The molecule has 2 aromatic rings. The topological polar surface area (TPSA) is 44.9 Å². The van der Waals surface area contributed by atoms with Crippen molar-refractivity contribution in [1.29, 1.82) is 0 Å². The smallest absolute Gasteiger partial charge is 0.252 e. The SMILES string of the molecule is C#CC(CC)NCc1cc2ccccc2[nH]c1=O. The van der Waals surface area contributed by atoms with E-state index in [2.05, 4.69) is 16.2 Å². The van der Waals surface area contributed by atoms with E-state index >= 15 is 0 Å². The summed E-state index contributed by atoms with van der Waals surface area (Å²) in [6.07, 6.45) is 6.23. The van der Waals surface area contributed by atoms with Gasteiger partial charge in [-0.15, -0.1) is 6.42 Å². The van der Waals surface area contributed by atoms with Crippen LogP contribution in [0.3, 0.4) is 0 Å². The van der Waals surface area contributed by atoms with Crippen LogP contribution in [-0.4, -0.2) is 11.0 Å². The third-order valence-corrected chi connectivity index (χ3v) is 2.98. The Morgan fingerprint density at radius 2 is 2.22 bits per heavy atom. The van der Waals surface area contributed by atoms with Gasteiger partial charge in [0.1, 0.15) is 0 Å². The molecule has 0 radical (unpaired) electrons. The number of aromatic amines is 1. The van der Waals surface area contributed by atoms with E-state index in [4.69, 9.17) is 6.42 Å². The van der Waals surface area contributed by atoms with Gasteiger partial charge in [-0.2, -0.15) is 0 Å². The number of fused-ring (bicyclic) bond motifs is 1. The first kappa shape index (κ1) is 12.4. The Bertz CT molecular complexity index is 637. The zero-order valence-corrected chi connectivity index (χ0v) is 10.4. The lowest BCUT2D eigenvalue weighted by Crippen LogP contribution is -2.29. The first-order valence-electron chi connectivity index (χ1n) is 6.05. The minimum absolute atomic E-state index is 0.0101. The molecule has 0 fully saturated rings. The molecule has 0 aliphatic carbocycles. The van der Waals surface area contributed by atoms with Crippen molar-refractivity contribution < 1.29 is 0 Å². The number of hydrogen-bond donors (Lipinski definition) is 2. The van der Waals surface area contributed by atoms with E-state index < -0.39 is 0 Å². The number of terminal acetylenes is 1. The van der Waals surface area contributed by atoms with Gasteiger partial charge in [0, 0.05) is 17.6 Å². The summed E-state index contributed by atoms with van der Waals surface area (Å²) in [6.45, 7) is 2.50. The molecule has 1 aromatic carbocycles. The summed E-state index contributed by atoms with van der Waals surface area (Å²) in [5.41, 5.74) is 1.51. The fraction of sp³-hybridized carbons (Fsp3) is 0.267. The lowest BCUT2D eigenvalue weighted by Gasteiger charge is -2.10. The van der Waals surface area contributed by atoms with Crippen LogP contribution >= 0.6 is 0 Å². The molecule has 1 atom stereocenters. The Hall–Kier alpha value is -2.05. The molecule has 0 amide bonds. The maximum absolute atomic E-state index is 11.9. The van der Waals surface area contributed by atoms with Crippen LogP contribution in [0.5, 0.6) is 0 Å². The minimum Gasteiger partial charge on any atom is -0.322 e. The number of rotatable bonds is 4. The highest BCUT2D eigenvalue weighted by molar-refractivity contribution is 5.78. The second-order valence-corrected chi connectivity index (χ2v) is 4.22. The number of pyridine rings is 1. The molecule has 0 spiro atoms. The van der Waals surface area contributed by atoms with Gasteiger partial charge in [-0.05, 0) is 23.9 Å². The summed E-state index contributed by atoms with van der Waals surface area (Å²) in [4.78, 5) is 14.7. The summed E-state index contributed by atoms with van der Waals surface area (Å²) in [7, 11) is 0. The van der Waals surface area contributed by atoms with Crippen molar-refractivity contribution in [3.05, 3.63) is 46.2 Å². The number of hydrogen-bond acceptors (Lipinski definition) is 2. The molecule has 1 aromatic heterocycles. The van der Waals surface area contributed by atoms with E-state index in [1.165, 1.54) is 0 Å². The van der Waals surface area contributed by atoms with Crippen molar-refractivity contribution in [2.75, 3.05) is 0 Å². The Kier molecular flexibility index (Phi) is 3.81. The van der Waals surface area contributed by atoms with Crippen LogP contribution in [0.2, 0.25) is 0 Å². The predicted octanol–water partition coefficient (Wildman–Crippen LogP) is 2.03. The van der Waals surface area contributed by atoms with E-state index in [-0.39, 0.29) is 11.6 Å². The third kappa shape index (κ3) is 2.61. The molecule has 3 heteroatoms. The largest absolute Gasteiger partial charge is 0.322 e. The van der Waals surface area contributed by atoms with Gasteiger partial charge < -0.3 is 4.98 Å². The maximum Gasteiger partial charge on any atom is 0.252 e. The van der Waals surface area contributed by atoms with Gasteiger partial charge in [0.25, 0.3) is 5.56 Å². The van der Waals surface area contributed by atoms with Gasteiger partial charge in [0.05, 0.1) is 6.04 Å². The lowest BCUT2D eigenvalue weighted by molar-refractivity contribution is 0.590. The fourth-order valence-corrected chi connectivity index (χ4v) is 1.88. The van der Waals surface area contributed by atoms with Gasteiger partial charge >= 0.3 is 0 Å². The van der Waals surface area contributed by atoms with Crippen molar-refractivity contribution in [1.82, 2.24) is 10.3 Å². The average molecular weight is 240 g/mol. The summed E-state index contributed by atoms with van der Waals surface area (Å²) in [5, 5.41) is 4.22. The molecule has 92 valence electrons. The third-order valence-electron chi connectivity index (χ3n) is 2.98. The van der Waals surface area contributed by atoms with E-state index in [1.807, 2.05) is 37.3 Å². The highest BCUT2D eigenvalue weighted by Gasteiger charge is 2.05. The second kappa shape index (κ2) is 5.52. The zero-order chi connectivity index (χ0) is 13.0. The van der Waals surface area contributed by atoms with E-state index in [0.29, 0.717) is 12.1 Å². The molecule has 0 saturated carbocycles. The Morgan fingerprint density at radius 3 is 2.94 bits per heavy atom. The molecule has 3 nitrogen and oxygen atoms in total. The molecule has 2 N–H and O–H groups in total. The zero-order valence-electron chi connectivity index (χ0n) is 10.4. The predicted molar refractivity (Wildman–Crippen MR) is 74.3 cm³/mol. The number of aromatic nitrogens is 1. The van der Waals surface area contributed by atoms with Crippen LogP contribution in [0.4, 0.5) is 0 Å². The van der Waals surface area contributed by atoms with Crippen LogP contribution in [0.15, 0.2) is 35.1 Å². The van der Waals surface area contributed by atoms with Crippen molar-refractivity contribution in [2.24, 2.45) is 0 Å². The fourth-order valence-electron chi connectivity index (χ4n) is 1.88. The van der Waals surface area contributed by atoms with Crippen LogP contribution in [-0.2, 0) is 6.54 Å². The van der Waals surface area contributed by atoms with Crippen LogP contribution in [0.1, 0.15) is 18.9 Å². The van der Waals surface area contributed by atoms with Crippen LogP contribution in [0, 0.1) is 12.3 Å². The monoisotopic (exact) mass is 240 g/mol. The highest BCUT2D eigenvalue weighted by Crippen LogP contribution is 2.10. The highest BCUT2D eigenvalue weighted by atomic mass is 16.1. The molecule has 0 aliphatic rings. The molecule has 2 rings (SSSR count). The first-order valence-corrected chi connectivity index (χ1v) is 6.05. The van der Waals surface area contributed by atoms with Gasteiger partial charge in [-0.1, -0.05) is 31.0 Å². The standard InChI is InChI=1S/C15H16N2O/c1-3-13(4-2)16-10-12-9-11-7-5-6-8-14(11)17-15(12)18/h1,5-9,13,16H,4,10H2,2H3,(H,17,18). The summed E-state index contributed by atoms with van der Waals surface area (Å²) in [5.74, 6) is 2.66. The van der Waals surface area contributed by atoms with E-state index in [0.717, 1.165) is 17.3 Å². The van der Waals surface area contributed by atoms with Gasteiger partial charge in [-0.3, -0.25) is 10.1 Å². The second-order valence-electron chi connectivity index (χ2n) is 4.22. The van der Waals surface area contributed by atoms with Crippen LogP contribution < -0.4 is 10.9 Å². The van der Waals surface area contributed by atoms with Crippen molar-refractivity contribution in [2.45, 2.75) is 25.9 Å². The van der Waals surface area contributed by atoms with Crippen molar-refractivity contribution in [3.8, 4) is 12.3 Å². The van der Waals surface area contributed by atoms with Gasteiger partial charge in [0.15, 0.2) is 0 Å². The first-order chi connectivity index (χ1) is 8.74. The molecule has 1 heterocycles. The van der Waals surface area contributed by atoms with Crippen LogP contribution in [0.25, 0.3) is 10.9 Å². The van der Waals surface area contributed by atoms with E-state index in [9.17, 15) is 4.79 Å². The van der Waals surface area contributed by atoms with Crippen molar-refractivity contribution >= 4 is 10.9 Å². The number of para-hydroxylation sites is 1. The van der Waals surface area contributed by atoms with E-state index in [1.54, 1.807) is 0 Å². The maximum atomic E-state index is 11.9. The molecule has 1 unspecified atom stereocenters. The minimum atomic E-state index is -0.0620. The normalized spacial score (nSPS) is 12.2. The quantitative estimate of drug-likeness (QED) is 0.803. The number of H-pyrrole nitrogens is 1. The molecule has 0 saturated heterocycles. The van der Waals surface area contributed by atoms with Gasteiger partial charge in [-0.25, -0.2) is 0 Å². The molecular weight excluding hydrogens is 224 g/mol. The summed E-state index contributed by atoms with van der Waals surface area (Å²) < 4.78 is 0. The Morgan fingerprint density at radius 1 is 1.44 bits per heavy atom. The molecular formula is C15H16N2O. The average Bonchev–Trinajstić information content (AvgIpc) is 2.40. The molecule has 18 heavy (non-hydrogen) atoms. The number of nitrogens with one attached hydrogen (secondary N) is 2. The summed E-state index contributed by atoms with van der Waals surface area (Å²) in [6, 6.07) is 9.65. The van der Waals surface area contributed by atoms with Crippen molar-refractivity contribution in [3.63, 3.8) is 0 Å². The summed E-state index contributed by atoms with van der Waals surface area (Å²) >= 11 is 0. The Labute approximate surface area is 106 Å². The molecule has 0 bridgehead atoms. The van der Waals surface area contributed by atoms with Gasteiger partial charge in [0.2, 0.25) is 0 Å².